The van der Waals surface area contributed by atoms with Gasteiger partial charge >= 0.3 is 0 Å². The van der Waals surface area contributed by atoms with Crippen molar-refractivity contribution >= 4 is 40.3 Å². The summed E-state index contributed by atoms with van der Waals surface area (Å²) in [5.74, 6) is -0.192. The van der Waals surface area contributed by atoms with E-state index in [0.717, 1.165) is 0 Å². The predicted octanol–water partition coefficient (Wildman–Crippen LogP) is 3.55. The van der Waals surface area contributed by atoms with Gasteiger partial charge in [-0.1, -0.05) is 18.2 Å². The van der Waals surface area contributed by atoms with E-state index in [2.05, 4.69) is 5.32 Å². The Morgan fingerprint density at radius 2 is 2.04 bits per heavy atom. The fraction of sp³-hybridized carbons (Fsp3) is 0.0588. The lowest BCUT2D eigenvalue weighted by Crippen LogP contribution is -2.13. The molecule has 2 rings (SSSR count). The van der Waals surface area contributed by atoms with Gasteiger partial charge in [0.2, 0.25) is 0 Å². The molecular weight excluding hydrogens is 407 g/mol. The number of carbonyl (C=O) groups excluding carboxylic acids is 1. The van der Waals surface area contributed by atoms with Gasteiger partial charge in [-0.05, 0) is 58.5 Å². The zero-order valence-corrected chi connectivity index (χ0v) is 14.4. The number of benzene rings is 2. The normalized spacial score (nSPS) is 10.7. The molecule has 0 aliphatic rings. The lowest BCUT2D eigenvalue weighted by Gasteiger charge is -2.07. The van der Waals surface area contributed by atoms with Gasteiger partial charge in [-0.25, -0.2) is 0 Å². The van der Waals surface area contributed by atoms with Gasteiger partial charge in [0.25, 0.3) is 5.91 Å². The molecule has 0 heterocycles. The molecule has 0 radical (unpaired) electrons. The minimum absolute atomic E-state index is 0.0255. The van der Waals surface area contributed by atoms with E-state index in [1.165, 1.54) is 13.2 Å². The SMILES string of the molecule is COc1cc(C=C(C#N)C(=O)Nc2ccccc2)cc(I)c1O. The zero-order valence-electron chi connectivity index (χ0n) is 12.2. The van der Waals surface area contributed by atoms with E-state index in [4.69, 9.17) is 4.74 Å². The number of rotatable bonds is 4. The summed E-state index contributed by atoms with van der Waals surface area (Å²) in [6, 6.07) is 14.0. The van der Waals surface area contributed by atoms with Gasteiger partial charge in [-0.3, -0.25) is 4.79 Å². The van der Waals surface area contributed by atoms with Crippen LogP contribution in [0.5, 0.6) is 11.5 Å². The first-order chi connectivity index (χ1) is 11.0. The summed E-state index contributed by atoms with van der Waals surface area (Å²) in [4.78, 5) is 12.2. The molecule has 0 saturated heterocycles. The zero-order chi connectivity index (χ0) is 16.8. The number of hydrogen-bond acceptors (Lipinski definition) is 4. The summed E-state index contributed by atoms with van der Waals surface area (Å²) in [6.45, 7) is 0. The summed E-state index contributed by atoms with van der Waals surface area (Å²) < 4.78 is 5.63. The van der Waals surface area contributed by atoms with Crippen LogP contribution < -0.4 is 10.1 Å². The van der Waals surface area contributed by atoms with E-state index in [1.807, 2.05) is 34.7 Å². The smallest absolute Gasteiger partial charge is 0.266 e. The molecule has 1 amide bonds. The molecule has 0 spiro atoms. The van der Waals surface area contributed by atoms with Crippen molar-refractivity contribution in [2.75, 3.05) is 12.4 Å². The van der Waals surface area contributed by atoms with Crippen molar-refractivity contribution in [2.45, 2.75) is 0 Å². The van der Waals surface area contributed by atoms with Crippen LogP contribution in [0.1, 0.15) is 5.56 Å². The molecule has 0 unspecified atom stereocenters. The first kappa shape index (κ1) is 16.8. The quantitative estimate of drug-likeness (QED) is 0.450. The third kappa shape index (κ3) is 4.23. The number of phenols is 1. The second kappa shape index (κ2) is 7.65. The number of anilines is 1. The first-order valence-corrected chi connectivity index (χ1v) is 7.67. The van der Waals surface area contributed by atoms with E-state index in [-0.39, 0.29) is 17.1 Å². The number of hydrogen-bond donors (Lipinski definition) is 2. The Kier molecular flexibility index (Phi) is 5.60. The predicted molar refractivity (Wildman–Crippen MR) is 96.0 cm³/mol. The number of halogens is 1. The highest BCUT2D eigenvalue weighted by Crippen LogP contribution is 2.33. The number of nitrogens with one attached hydrogen (secondary N) is 1. The molecule has 0 aliphatic carbocycles. The minimum Gasteiger partial charge on any atom is -0.504 e. The summed E-state index contributed by atoms with van der Waals surface area (Å²) in [5, 5.41) is 21.7. The number of carbonyl (C=O) groups is 1. The van der Waals surface area contributed by atoms with Crippen LogP contribution >= 0.6 is 22.6 Å². The summed E-state index contributed by atoms with van der Waals surface area (Å²) in [6.07, 6.45) is 1.45. The Morgan fingerprint density at radius 1 is 1.35 bits per heavy atom. The number of phenolic OH excluding ortho intramolecular Hbond substituents is 1. The highest BCUT2D eigenvalue weighted by Gasteiger charge is 2.12. The van der Waals surface area contributed by atoms with Crippen LogP contribution in [-0.4, -0.2) is 18.1 Å². The van der Waals surface area contributed by atoms with Crippen molar-refractivity contribution in [3.63, 3.8) is 0 Å². The van der Waals surface area contributed by atoms with Crippen molar-refractivity contribution < 1.29 is 14.6 Å². The van der Waals surface area contributed by atoms with Crippen LogP contribution in [0.25, 0.3) is 6.08 Å². The lowest BCUT2D eigenvalue weighted by molar-refractivity contribution is -0.112. The molecule has 0 aromatic heterocycles. The van der Waals surface area contributed by atoms with Gasteiger partial charge in [-0.2, -0.15) is 5.26 Å². The largest absolute Gasteiger partial charge is 0.504 e. The van der Waals surface area contributed by atoms with Gasteiger partial charge in [0, 0.05) is 5.69 Å². The summed E-state index contributed by atoms with van der Waals surface area (Å²) in [5.41, 5.74) is 1.15. The Balaban J connectivity index is 2.30. The van der Waals surface area contributed by atoms with E-state index in [0.29, 0.717) is 14.8 Å². The maximum Gasteiger partial charge on any atom is 0.266 e. The fourth-order valence-electron chi connectivity index (χ4n) is 1.87. The second-order valence-corrected chi connectivity index (χ2v) is 5.71. The maximum atomic E-state index is 12.2. The Hall–Kier alpha value is -2.53. The molecule has 23 heavy (non-hydrogen) atoms. The highest BCUT2D eigenvalue weighted by atomic mass is 127. The molecule has 2 aromatic rings. The Bertz CT molecular complexity index is 795. The van der Waals surface area contributed by atoms with Gasteiger partial charge in [0.1, 0.15) is 11.6 Å². The summed E-state index contributed by atoms with van der Waals surface area (Å²) >= 11 is 1.95. The van der Waals surface area contributed by atoms with Crippen LogP contribution in [-0.2, 0) is 4.79 Å². The van der Waals surface area contributed by atoms with Crippen LogP contribution in [0.4, 0.5) is 5.69 Å². The van der Waals surface area contributed by atoms with Gasteiger partial charge in [0.15, 0.2) is 11.5 Å². The lowest BCUT2D eigenvalue weighted by atomic mass is 10.1. The van der Waals surface area contributed by atoms with Gasteiger partial charge in [-0.15, -0.1) is 0 Å². The van der Waals surface area contributed by atoms with Crippen LogP contribution in [0.15, 0.2) is 48.0 Å². The number of ether oxygens (including phenoxy) is 1. The van der Waals surface area contributed by atoms with E-state index >= 15 is 0 Å². The molecular formula is C17H13IN2O3. The molecule has 0 aliphatic heterocycles. The minimum atomic E-state index is -0.499. The van der Waals surface area contributed by atoms with E-state index in [1.54, 1.807) is 36.4 Å². The number of methoxy groups -OCH3 is 1. The number of nitrogens with zero attached hydrogens (tertiary/aromatic N) is 1. The topological polar surface area (TPSA) is 82.3 Å². The van der Waals surface area contributed by atoms with Crippen molar-refractivity contribution in [1.29, 1.82) is 5.26 Å². The monoisotopic (exact) mass is 420 g/mol. The van der Waals surface area contributed by atoms with Crippen molar-refractivity contribution in [3.8, 4) is 17.6 Å². The fourth-order valence-corrected chi connectivity index (χ4v) is 2.49. The second-order valence-electron chi connectivity index (χ2n) is 4.54. The molecule has 0 fully saturated rings. The molecule has 0 saturated carbocycles. The number of para-hydroxylation sites is 1. The highest BCUT2D eigenvalue weighted by molar-refractivity contribution is 14.1. The van der Waals surface area contributed by atoms with Gasteiger partial charge in [0.05, 0.1) is 10.7 Å². The number of nitriles is 1. The molecule has 0 bridgehead atoms. The van der Waals surface area contributed by atoms with Crippen molar-refractivity contribution in [3.05, 3.63) is 57.2 Å². The number of amides is 1. The van der Waals surface area contributed by atoms with E-state index < -0.39 is 5.91 Å². The molecule has 6 heteroatoms. The van der Waals surface area contributed by atoms with Crippen LogP contribution in [0, 0.1) is 14.9 Å². The van der Waals surface area contributed by atoms with Crippen molar-refractivity contribution in [1.82, 2.24) is 0 Å². The first-order valence-electron chi connectivity index (χ1n) is 6.60. The molecule has 116 valence electrons. The average Bonchev–Trinajstić information content (AvgIpc) is 2.56. The third-order valence-corrected chi connectivity index (χ3v) is 3.80. The van der Waals surface area contributed by atoms with Crippen LogP contribution in [0.3, 0.4) is 0 Å². The molecule has 5 nitrogen and oxygen atoms in total. The van der Waals surface area contributed by atoms with Crippen LogP contribution in [0.2, 0.25) is 0 Å². The van der Waals surface area contributed by atoms with E-state index in [9.17, 15) is 15.2 Å². The molecule has 2 aromatic carbocycles. The molecule has 2 N–H and O–H groups in total. The standard InChI is InChI=1S/C17H13IN2O3/c1-23-15-9-11(8-14(18)16(15)21)7-12(10-19)17(22)20-13-5-3-2-4-6-13/h2-9,21H,1H3,(H,20,22). The summed E-state index contributed by atoms with van der Waals surface area (Å²) in [7, 11) is 1.44. The third-order valence-electron chi connectivity index (χ3n) is 2.98. The van der Waals surface area contributed by atoms with Gasteiger partial charge < -0.3 is 15.2 Å². The number of aromatic hydroxyl groups is 1. The Labute approximate surface area is 147 Å². The molecule has 0 atom stereocenters. The Morgan fingerprint density at radius 3 is 2.65 bits per heavy atom. The maximum absolute atomic E-state index is 12.2. The van der Waals surface area contributed by atoms with Crippen molar-refractivity contribution in [2.24, 2.45) is 0 Å². The average molecular weight is 420 g/mol.